The molecule has 2 aromatic heterocycles. The Morgan fingerprint density at radius 1 is 1.27 bits per heavy atom. The van der Waals surface area contributed by atoms with Crippen molar-refractivity contribution in [1.29, 1.82) is 0 Å². The van der Waals surface area contributed by atoms with Crippen LogP contribution in [0, 0.1) is 0 Å². The number of nitrogens with zero attached hydrogens (tertiary/aromatic N) is 4. The SMILES string of the molecule is CC(C)c1noc(CNC(=O)N(Cc2ccncc2)C2CCCCC2)n1. The zero-order chi connectivity index (χ0) is 18.4. The molecule has 26 heavy (non-hydrogen) atoms. The normalized spacial score (nSPS) is 15.2. The van der Waals surface area contributed by atoms with Crippen molar-refractivity contribution in [1.82, 2.24) is 25.3 Å². The van der Waals surface area contributed by atoms with Gasteiger partial charge in [0.2, 0.25) is 5.89 Å². The van der Waals surface area contributed by atoms with E-state index < -0.39 is 0 Å². The summed E-state index contributed by atoms with van der Waals surface area (Å²) in [4.78, 5) is 23.2. The predicted octanol–water partition coefficient (Wildman–Crippen LogP) is 3.63. The molecule has 2 aromatic rings. The van der Waals surface area contributed by atoms with E-state index in [0.717, 1.165) is 18.4 Å². The summed E-state index contributed by atoms with van der Waals surface area (Å²) in [6, 6.07) is 4.09. The second-order valence-corrected chi connectivity index (χ2v) is 7.13. The summed E-state index contributed by atoms with van der Waals surface area (Å²) >= 11 is 0. The fraction of sp³-hybridized carbons (Fsp3) is 0.579. The Morgan fingerprint density at radius 3 is 2.65 bits per heavy atom. The van der Waals surface area contributed by atoms with Gasteiger partial charge < -0.3 is 14.7 Å². The lowest BCUT2D eigenvalue weighted by Gasteiger charge is -2.34. The van der Waals surface area contributed by atoms with Crippen molar-refractivity contribution in [2.45, 2.75) is 71.0 Å². The van der Waals surface area contributed by atoms with Crippen LogP contribution in [0.15, 0.2) is 29.0 Å². The van der Waals surface area contributed by atoms with Crippen molar-refractivity contribution in [3.8, 4) is 0 Å². The van der Waals surface area contributed by atoms with Crippen LogP contribution in [0.1, 0.15) is 69.1 Å². The number of amides is 2. The molecule has 3 rings (SSSR count). The highest BCUT2D eigenvalue weighted by atomic mass is 16.5. The highest BCUT2D eigenvalue weighted by molar-refractivity contribution is 5.74. The predicted molar refractivity (Wildman–Crippen MR) is 97.3 cm³/mol. The maximum Gasteiger partial charge on any atom is 0.318 e. The Balaban J connectivity index is 1.65. The number of carbonyl (C=O) groups excluding carboxylic acids is 1. The topological polar surface area (TPSA) is 84.2 Å². The molecule has 140 valence electrons. The summed E-state index contributed by atoms with van der Waals surface area (Å²) in [6.45, 7) is 4.84. The van der Waals surface area contributed by atoms with Gasteiger partial charge in [0.25, 0.3) is 0 Å². The van der Waals surface area contributed by atoms with E-state index in [1.165, 1.54) is 19.3 Å². The van der Waals surface area contributed by atoms with Gasteiger partial charge in [-0.05, 0) is 30.5 Å². The minimum atomic E-state index is -0.0852. The zero-order valence-corrected chi connectivity index (χ0v) is 15.5. The van der Waals surface area contributed by atoms with Crippen molar-refractivity contribution in [2.75, 3.05) is 0 Å². The Bertz CT molecular complexity index is 695. The van der Waals surface area contributed by atoms with Crippen LogP contribution in [0.2, 0.25) is 0 Å². The molecule has 2 amide bonds. The molecule has 0 atom stereocenters. The fourth-order valence-corrected chi connectivity index (χ4v) is 3.27. The number of urea groups is 1. The third-order valence-electron chi connectivity index (χ3n) is 4.77. The van der Waals surface area contributed by atoms with Gasteiger partial charge in [0.05, 0.1) is 6.54 Å². The second kappa shape index (κ2) is 8.78. The van der Waals surface area contributed by atoms with Crippen LogP contribution in [-0.4, -0.2) is 32.1 Å². The van der Waals surface area contributed by atoms with E-state index >= 15 is 0 Å². The van der Waals surface area contributed by atoms with E-state index in [-0.39, 0.29) is 24.5 Å². The number of hydrogen-bond donors (Lipinski definition) is 1. The monoisotopic (exact) mass is 357 g/mol. The molecule has 7 nitrogen and oxygen atoms in total. The van der Waals surface area contributed by atoms with Crippen LogP contribution >= 0.6 is 0 Å². The summed E-state index contributed by atoms with van der Waals surface area (Å²) in [7, 11) is 0. The number of nitrogens with one attached hydrogen (secondary N) is 1. The quantitative estimate of drug-likeness (QED) is 0.853. The molecule has 0 spiro atoms. The largest absolute Gasteiger partial charge is 0.337 e. The van der Waals surface area contributed by atoms with Gasteiger partial charge in [-0.3, -0.25) is 4.98 Å². The first-order valence-electron chi connectivity index (χ1n) is 9.39. The number of hydrogen-bond acceptors (Lipinski definition) is 5. The second-order valence-electron chi connectivity index (χ2n) is 7.13. The molecule has 0 aliphatic heterocycles. The lowest BCUT2D eigenvalue weighted by atomic mass is 9.94. The number of carbonyl (C=O) groups is 1. The molecule has 1 aliphatic carbocycles. The highest BCUT2D eigenvalue weighted by Gasteiger charge is 2.26. The summed E-state index contributed by atoms with van der Waals surface area (Å²) in [5.41, 5.74) is 1.08. The molecule has 1 saturated carbocycles. The van der Waals surface area contributed by atoms with Crippen LogP contribution in [0.5, 0.6) is 0 Å². The van der Waals surface area contributed by atoms with Crippen molar-refractivity contribution in [3.05, 3.63) is 41.8 Å². The van der Waals surface area contributed by atoms with Gasteiger partial charge in [-0.15, -0.1) is 0 Å². The van der Waals surface area contributed by atoms with Gasteiger partial charge in [0.1, 0.15) is 0 Å². The van der Waals surface area contributed by atoms with Gasteiger partial charge in [0.15, 0.2) is 5.82 Å². The zero-order valence-electron chi connectivity index (χ0n) is 15.5. The first-order valence-corrected chi connectivity index (χ1v) is 9.39. The lowest BCUT2D eigenvalue weighted by Crippen LogP contribution is -2.46. The third kappa shape index (κ3) is 4.80. The standard InChI is InChI=1S/C19H27N5O2/c1-14(2)18-22-17(26-23-18)12-21-19(25)24(16-6-4-3-5-7-16)13-15-8-10-20-11-9-15/h8-11,14,16H,3-7,12-13H2,1-2H3,(H,21,25). The molecule has 1 N–H and O–H groups in total. The van der Waals surface area contributed by atoms with Crippen LogP contribution < -0.4 is 5.32 Å². The van der Waals surface area contributed by atoms with E-state index in [1.807, 2.05) is 30.9 Å². The van der Waals surface area contributed by atoms with Crippen molar-refractivity contribution in [3.63, 3.8) is 0 Å². The van der Waals surface area contributed by atoms with Gasteiger partial charge in [-0.2, -0.15) is 4.98 Å². The van der Waals surface area contributed by atoms with Gasteiger partial charge in [-0.1, -0.05) is 38.3 Å². The average molecular weight is 357 g/mol. The molecular formula is C19H27N5O2. The van der Waals surface area contributed by atoms with E-state index in [9.17, 15) is 4.79 Å². The maximum absolute atomic E-state index is 12.9. The summed E-state index contributed by atoms with van der Waals surface area (Å²) < 4.78 is 5.22. The van der Waals surface area contributed by atoms with Crippen molar-refractivity contribution in [2.24, 2.45) is 0 Å². The molecule has 0 saturated heterocycles. The molecule has 0 aromatic carbocycles. The van der Waals surface area contributed by atoms with Crippen LogP contribution in [0.25, 0.3) is 0 Å². The smallest absolute Gasteiger partial charge is 0.318 e. The van der Waals surface area contributed by atoms with E-state index in [4.69, 9.17) is 4.52 Å². The van der Waals surface area contributed by atoms with Crippen LogP contribution in [0.3, 0.4) is 0 Å². The van der Waals surface area contributed by atoms with Crippen molar-refractivity contribution < 1.29 is 9.32 Å². The van der Waals surface area contributed by atoms with Crippen LogP contribution in [0.4, 0.5) is 4.79 Å². The Labute approximate surface area is 154 Å². The number of aromatic nitrogens is 3. The maximum atomic E-state index is 12.9. The highest BCUT2D eigenvalue weighted by Crippen LogP contribution is 2.24. The van der Waals surface area contributed by atoms with Crippen molar-refractivity contribution >= 4 is 6.03 Å². The molecular weight excluding hydrogens is 330 g/mol. The number of rotatable bonds is 6. The van der Waals surface area contributed by atoms with E-state index in [1.54, 1.807) is 12.4 Å². The summed E-state index contributed by atoms with van der Waals surface area (Å²) in [6.07, 6.45) is 9.23. The minimum absolute atomic E-state index is 0.0852. The average Bonchev–Trinajstić information content (AvgIpc) is 3.15. The molecule has 0 unspecified atom stereocenters. The summed E-state index contributed by atoms with van der Waals surface area (Å²) in [5.74, 6) is 1.30. The summed E-state index contributed by atoms with van der Waals surface area (Å²) in [5, 5.41) is 6.88. The van der Waals surface area contributed by atoms with Crippen LogP contribution in [-0.2, 0) is 13.1 Å². The lowest BCUT2D eigenvalue weighted by molar-refractivity contribution is 0.149. The molecule has 7 heteroatoms. The number of pyridine rings is 1. The molecule has 1 aliphatic rings. The molecule has 0 radical (unpaired) electrons. The molecule has 2 heterocycles. The third-order valence-corrected chi connectivity index (χ3v) is 4.77. The van der Waals surface area contributed by atoms with Gasteiger partial charge in [-0.25, -0.2) is 4.79 Å². The first-order chi connectivity index (χ1) is 12.6. The Hall–Kier alpha value is -2.44. The minimum Gasteiger partial charge on any atom is -0.337 e. The Morgan fingerprint density at radius 2 is 2.00 bits per heavy atom. The first kappa shape index (κ1) is 18.4. The van der Waals surface area contributed by atoms with Gasteiger partial charge in [0, 0.05) is 30.9 Å². The molecule has 1 fully saturated rings. The Kier molecular flexibility index (Phi) is 6.20. The van der Waals surface area contributed by atoms with Gasteiger partial charge >= 0.3 is 6.03 Å². The fourth-order valence-electron chi connectivity index (χ4n) is 3.27. The van der Waals surface area contributed by atoms with E-state index in [2.05, 4.69) is 20.4 Å². The van der Waals surface area contributed by atoms with E-state index in [0.29, 0.717) is 18.3 Å². The molecule has 0 bridgehead atoms.